The van der Waals surface area contributed by atoms with Crippen molar-refractivity contribution in [3.63, 3.8) is 0 Å². The zero-order chi connectivity index (χ0) is 18.4. The number of aromatic hydroxyl groups is 1. The van der Waals surface area contributed by atoms with Crippen molar-refractivity contribution in [2.75, 3.05) is 13.2 Å². The van der Waals surface area contributed by atoms with Gasteiger partial charge in [0.05, 0.1) is 0 Å². The van der Waals surface area contributed by atoms with Gasteiger partial charge in [-0.25, -0.2) is 4.79 Å². The Morgan fingerprint density at radius 3 is 2.04 bits per heavy atom. The van der Waals surface area contributed by atoms with Crippen molar-refractivity contribution < 1.29 is 19.4 Å². The van der Waals surface area contributed by atoms with Crippen LogP contribution in [0, 0.1) is 0 Å². The topological polar surface area (TPSA) is 55.8 Å². The molecule has 25 heavy (non-hydrogen) atoms. The summed E-state index contributed by atoms with van der Waals surface area (Å²) in [5, 5.41) is 9.44. The van der Waals surface area contributed by atoms with Gasteiger partial charge < -0.3 is 14.6 Å². The van der Waals surface area contributed by atoms with Gasteiger partial charge in [0.2, 0.25) is 0 Å². The van der Waals surface area contributed by atoms with Crippen molar-refractivity contribution in [2.24, 2.45) is 0 Å². The molecule has 0 heterocycles. The predicted octanol–water partition coefficient (Wildman–Crippen LogP) is 4.22. The van der Waals surface area contributed by atoms with Crippen molar-refractivity contribution in [1.29, 1.82) is 0 Å². The Kier molecular flexibility index (Phi) is 5.86. The van der Waals surface area contributed by atoms with E-state index in [9.17, 15) is 9.90 Å². The summed E-state index contributed by atoms with van der Waals surface area (Å²) in [4.78, 5) is 11.3. The van der Waals surface area contributed by atoms with E-state index in [4.69, 9.17) is 9.47 Å². The first kappa shape index (κ1) is 18.6. The van der Waals surface area contributed by atoms with Gasteiger partial charge in [-0.3, -0.25) is 0 Å². The fourth-order valence-electron chi connectivity index (χ4n) is 2.43. The molecule has 4 nitrogen and oxygen atoms in total. The molecule has 1 N–H and O–H groups in total. The second-order valence-corrected chi connectivity index (χ2v) is 6.46. The molecule has 0 atom stereocenters. The quantitative estimate of drug-likeness (QED) is 0.466. The maximum absolute atomic E-state index is 11.3. The van der Waals surface area contributed by atoms with Crippen molar-refractivity contribution >= 4 is 5.97 Å². The lowest BCUT2D eigenvalue weighted by Gasteiger charge is -2.26. The Labute approximate surface area is 148 Å². The molecule has 132 valence electrons. The van der Waals surface area contributed by atoms with Crippen LogP contribution >= 0.6 is 0 Å². The average molecular weight is 340 g/mol. The highest BCUT2D eigenvalue weighted by atomic mass is 16.6. The molecule has 0 unspecified atom stereocenters. The normalized spacial score (nSPS) is 11.0. The van der Waals surface area contributed by atoms with Crippen molar-refractivity contribution in [3.05, 3.63) is 71.8 Å². The Balaban J connectivity index is 1.96. The minimum Gasteiger partial charge on any atom is -0.508 e. The maximum Gasteiger partial charge on any atom is 0.333 e. The molecule has 0 saturated carbocycles. The number of benzene rings is 2. The summed E-state index contributed by atoms with van der Waals surface area (Å²) in [7, 11) is 0. The van der Waals surface area contributed by atoms with Gasteiger partial charge in [-0.15, -0.1) is 0 Å². The summed E-state index contributed by atoms with van der Waals surface area (Å²) in [6.07, 6.45) is 0. The molecule has 0 aliphatic carbocycles. The number of carbonyl (C=O) groups is 1. The summed E-state index contributed by atoms with van der Waals surface area (Å²) in [6, 6.07) is 15.1. The Morgan fingerprint density at radius 1 is 1.00 bits per heavy atom. The van der Waals surface area contributed by atoms with E-state index in [0.717, 1.165) is 16.9 Å². The minimum atomic E-state index is -0.408. The first-order chi connectivity index (χ1) is 11.8. The molecule has 0 fully saturated rings. The zero-order valence-corrected chi connectivity index (χ0v) is 14.9. The van der Waals surface area contributed by atoms with Gasteiger partial charge >= 0.3 is 5.97 Å². The van der Waals surface area contributed by atoms with Crippen LogP contribution in [-0.2, 0) is 14.9 Å². The molecule has 2 aromatic rings. The summed E-state index contributed by atoms with van der Waals surface area (Å²) < 4.78 is 10.6. The average Bonchev–Trinajstić information content (AvgIpc) is 2.59. The van der Waals surface area contributed by atoms with Crippen LogP contribution in [-0.4, -0.2) is 24.3 Å². The number of ether oxygens (including phenoxy) is 2. The van der Waals surface area contributed by atoms with Crippen LogP contribution < -0.4 is 4.74 Å². The standard InChI is InChI=1S/C21H24O4/c1-15(2)20(23)25-14-13-24-19-11-7-17(8-12-19)21(3,4)16-5-9-18(22)10-6-16/h5-12,22H,1,13-14H2,2-4H3. The Hall–Kier alpha value is -2.75. The smallest absolute Gasteiger partial charge is 0.333 e. The van der Waals surface area contributed by atoms with E-state index in [0.29, 0.717) is 12.2 Å². The zero-order valence-electron chi connectivity index (χ0n) is 14.9. The van der Waals surface area contributed by atoms with Crippen LogP contribution in [0.3, 0.4) is 0 Å². The van der Waals surface area contributed by atoms with Gasteiger partial charge in [-0.1, -0.05) is 44.7 Å². The molecular weight excluding hydrogens is 316 g/mol. The molecule has 0 amide bonds. The lowest BCUT2D eigenvalue weighted by molar-refractivity contribution is -0.139. The monoisotopic (exact) mass is 340 g/mol. The highest BCUT2D eigenvalue weighted by Crippen LogP contribution is 2.33. The number of hydrogen-bond acceptors (Lipinski definition) is 4. The van der Waals surface area contributed by atoms with Gasteiger partial charge in [-0.05, 0) is 42.3 Å². The van der Waals surface area contributed by atoms with Gasteiger partial charge in [0, 0.05) is 11.0 Å². The molecule has 0 spiro atoms. The Bertz CT molecular complexity index is 727. The lowest BCUT2D eigenvalue weighted by Crippen LogP contribution is -2.18. The number of phenols is 1. The van der Waals surface area contributed by atoms with E-state index < -0.39 is 5.97 Å². The molecule has 0 radical (unpaired) electrons. The molecule has 0 bridgehead atoms. The second-order valence-electron chi connectivity index (χ2n) is 6.46. The third-order valence-corrected chi connectivity index (χ3v) is 4.10. The van der Waals surface area contributed by atoms with E-state index in [1.54, 1.807) is 19.1 Å². The largest absolute Gasteiger partial charge is 0.508 e. The van der Waals surface area contributed by atoms with Crippen LogP contribution in [0.5, 0.6) is 11.5 Å². The predicted molar refractivity (Wildman–Crippen MR) is 97.9 cm³/mol. The third-order valence-electron chi connectivity index (χ3n) is 4.10. The van der Waals surface area contributed by atoms with Crippen molar-refractivity contribution in [3.8, 4) is 11.5 Å². The number of hydrogen-bond donors (Lipinski definition) is 1. The van der Waals surface area contributed by atoms with Crippen LogP contribution in [0.1, 0.15) is 31.9 Å². The molecular formula is C21H24O4. The van der Waals surface area contributed by atoms with Gasteiger partial charge in [0.15, 0.2) is 0 Å². The third kappa shape index (κ3) is 4.86. The Morgan fingerprint density at radius 2 is 1.52 bits per heavy atom. The molecule has 0 aliphatic heterocycles. The number of esters is 1. The van der Waals surface area contributed by atoms with E-state index in [-0.39, 0.29) is 17.8 Å². The summed E-state index contributed by atoms with van der Waals surface area (Å²) >= 11 is 0. The highest BCUT2D eigenvalue weighted by Gasteiger charge is 2.23. The fourth-order valence-corrected chi connectivity index (χ4v) is 2.43. The molecule has 0 aromatic heterocycles. The molecule has 4 heteroatoms. The minimum absolute atomic E-state index is 0.187. The van der Waals surface area contributed by atoms with Crippen LogP contribution in [0.25, 0.3) is 0 Å². The summed E-state index contributed by atoms with van der Waals surface area (Å²) in [5.41, 5.74) is 2.44. The summed E-state index contributed by atoms with van der Waals surface area (Å²) in [6.45, 7) is 9.87. The maximum atomic E-state index is 11.3. The fraction of sp³-hybridized carbons (Fsp3) is 0.286. The van der Waals surface area contributed by atoms with Crippen molar-refractivity contribution in [1.82, 2.24) is 0 Å². The van der Waals surface area contributed by atoms with Gasteiger partial charge in [0.25, 0.3) is 0 Å². The SMILES string of the molecule is C=C(C)C(=O)OCCOc1ccc(C(C)(C)c2ccc(O)cc2)cc1. The van der Waals surface area contributed by atoms with E-state index in [1.165, 1.54) is 0 Å². The molecule has 2 rings (SSSR count). The van der Waals surface area contributed by atoms with Gasteiger partial charge in [-0.2, -0.15) is 0 Å². The first-order valence-electron chi connectivity index (χ1n) is 8.16. The first-order valence-corrected chi connectivity index (χ1v) is 8.16. The number of rotatable bonds is 7. The lowest BCUT2D eigenvalue weighted by atomic mass is 9.78. The highest BCUT2D eigenvalue weighted by molar-refractivity contribution is 5.86. The van der Waals surface area contributed by atoms with Crippen LogP contribution in [0.2, 0.25) is 0 Å². The number of phenolic OH excluding ortho intramolecular Hbond substituents is 1. The van der Waals surface area contributed by atoms with Crippen molar-refractivity contribution in [2.45, 2.75) is 26.2 Å². The van der Waals surface area contributed by atoms with Gasteiger partial charge in [0.1, 0.15) is 24.7 Å². The van der Waals surface area contributed by atoms with Crippen LogP contribution in [0.15, 0.2) is 60.7 Å². The van der Waals surface area contributed by atoms with E-state index in [2.05, 4.69) is 20.4 Å². The number of carbonyl (C=O) groups excluding carboxylic acids is 1. The second kappa shape index (κ2) is 7.88. The molecule has 0 saturated heterocycles. The molecule has 2 aromatic carbocycles. The van der Waals surface area contributed by atoms with E-state index in [1.807, 2.05) is 36.4 Å². The molecule has 0 aliphatic rings. The summed E-state index contributed by atoms with van der Waals surface area (Å²) in [5.74, 6) is 0.571. The van der Waals surface area contributed by atoms with Crippen LogP contribution in [0.4, 0.5) is 0 Å². The van der Waals surface area contributed by atoms with E-state index >= 15 is 0 Å².